The van der Waals surface area contributed by atoms with Gasteiger partial charge in [-0.15, -0.1) is 0 Å². The number of nitrogens with zero attached hydrogens (tertiary/aromatic N) is 2. The third-order valence-corrected chi connectivity index (χ3v) is 6.53. The predicted molar refractivity (Wildman–Crippen MR) is 125 cm³/mol. The lowest BCUT2D eigenvalue weighted by atomic mass is 9.86. The summed E-state index contributed by atoms with van der Waals surface area (Å²) in [4.78, 5) is 9.98. The SMILES string of the molecule is Cc1[nH]cnc1C(O)C(CCCC(c1ccccc1)c1ccccc1)N1CCNCC1. The Morgan fingerprint density at radius 1 is 0.935 bits per heavy atom. The molecule has 164 valence electrons. The number of H-pyrrole nitrogens is 1. The molecule has 5 heteroatoms. The predicted octanol–water partition coefficient (Wildman–Crippen LogP) is 4.03. The number of aromatic amines is 1. The molecule has 2 heterocycles. The first kappa shape index (κ1) is 21.8. The van der Waals surface area contributed by atoms with Crippen molar-refractivity contribution in [3.63, 3.8) is 0 Å². The number of aryl methyl sites for hydroxylation is 1. The Kier molecular flexibility index (Phi) is 7.52. The van der Waals surface area contributed by atoms with E-state index in [2.05, 4.69) is 80.8 Å². The Hall–Kier alpha value is -2.47. The van der Waals surface area contributed by atoms with E-state index in [-0.39, 0.29) is 6.04 Å². The maximum absolute atomic E-state index is 11.3. The highest BCUT2D eigenvalue weighted by molar-refractivity contribution is 5.32. The molecule has 1 aromatic heterocycles. The van der Waals surface area contributed by atoms with Crippen molar-refractivity contribution in [2.24, 2.45) is 0 Å². The van der Waals surface area contributed by atoms with Gasteiger partial charge < -0.3 is 15.4 Å². The molecule has 0 saturated carbocycles. The summed E-state index contributed by atoms with van der Waals surface area (Å²) in [6.45, 7) is 5.86. The van der Waals surface area contributed by atoms with Crippen LogP contribution in [-0.4, -0.2) is 52.2 Å². The lowest BCUT2D eigenvalue weighted by Crippen LogP contribution is -2.50. The monoisotopic (exact) mass is 418 g/mol. The zero-order valence-electron chi connectivity index (χ0n) is 18.4. The number of piperazine rings is 1. The van der Waals surface area contributed by atoms with Crippen molar-refractivity contribution in [3.8, 4) is 0 Å². The van der Waals surface area contributed by atoms with Crippen LogP contribution in [0.25, 0.3) is 0 Å². The van der Waals surface area contributed by atoms with Gasteiger partial charge in [-0.05, 0) is 30.9 Å². The minimum atomic E-state index is -0.573. The van der Waals surface area contributed by atoms with Gasteiger partial charge >= 0.3 is 0 Å². The molecule has 2 aromatic carbocycles. The van der Waals surface area contributed by atoms with Crippen LogP contribution < -0.4 is 5.32 Å². The highest BCUT2D eigenvalue weighted by Gasteiger charge is 2.30. The summed E-state index contributed by atoms with van der Waals surface area (Å²) in [5, 5.41) is 14.7. The summed E-state index contributed by atoms with van der Waals surface area (Å²) in [6.07, 6.45) is 4.16. The van der Waals surface area contributed by atoms with Crippen molar-refractivity contribution in [3.05, 3.63) is 89.5 Å². The summed E-state index contributed by atoms with van der Waals surface area (Å²) >= 11 is 0. The molecule has 0 spiro atoms. The molecule has 1 fully saturated rings. The molecule has 0 amide bonds. The number of aliphatic hydroxyl groups excluding tert-OH is 1. The Bertz CT molecular complexity index is 866. The molecule has 2 unspecified atom stereocenters. The molecular formula is C26H34N4O. The fourth-order valence-electron chi connectivity index (χ4n) is 4.83. The molecule has 3 aromatic rings. The van der Waals surface area contributed by atoms with Crippen LogP contribution in [0.15, 0.2) is 67.0 Å². The first-order valence-corrected chi connectivity index (χ1v) is 11.5. The van der Waals surface area contributed by atoms with Gasteiger partial charge in [0, 0.05) is 43.8 Å². The standard InChI is InChI=1S/C26H34N4O/c1-20-25(29-19-28-20)26(31)24(30-17-15-27-16-18-30)14-8-13-23(21-9-4-2-5-10-21)22-11-6-3-7-12-22/h2-7,9-12,19,23-24,26-27,31H,8,13-18H2,1H3,(H,28,29). The van der Waals surface area contributed by atoms with E-state index in [1.54, 1.807) is 6.33 Å². The Labute approximate surface area is 185 Å². The van der Waals surface area contributed by atoms with Crippen LogP contribution in [0.3, 0.4) is 0 Å². The van der Waals surface area contributed by atoms with Crippen LogP contribution >= 0.6 is 0 Å². The third kappa shape index (κ3) is 5.42. The maximum atomic E-state index is 11.3. The molecule has 3 N–H and O–H groups in total. The maximum Gasteiger partial charge on any atom is 0.113 e. The van der Waals surface area contributed by atoms with Gasteiger partial charge in [-0.2, -0.15) is 0 Å². The van der Waals surface area contributed by atoms with Gasteiger partial charge in [-0.25, -0.2) is 4.98 Å². The van der Waals surface area contributed by atoms with Crippen molar-refractivity contribution < 1.29 is 5.11 Å². The van der Waals surface area contributed by atoms with Crippen molar-refractivity contribution in [2.45, 2.75) is 44.2 Å². The lowest BCUT2D eigenvalue weighted by molar-refractivity contribution is 0.0322. The van der Waals surface area contributed by atoms with Gasteiger partial charge in [0.05, 0.1) is 12.0 Å². The number of nitrogens with one attached hydrogen (secondary N) is 2. The van der Waals surface area contributed by atoms with E-state index in [9.17, 15) is 5.11 Å². The van der Waals surface area contributed by atoms with E-state index >= 15 is 0 Å². The summed E-state index contributed by atoms with van der Waals surface area (Å²) in [5.74, 6) is 0.371. The molecule has 2 atom stereocenters. The summed E-state index contributed by atoms with van der Waals surface area (Å²) in [5.41, 5.74) is 4.46. The van der Waals surface area contributed by atoms with Gasteiger partial charge in [-0.3, -0.25) is 4.90 Å². The molecule has 1 saturated heterocycles. The zero-order chi connectivity index (χ0) is 21.5. The average molecular weight is 419 g/mol. The molecule has 31 heavy (non-hydrogen) atoms. The normalized spacial score (nSPS) is 17.0. The second-order valence-corrected chi connectivity index (χ2v) is 8.52. The fraction of sp³-hybridized carbons (Fsp3) is 0.423. The van der Waals surface area contributed by atoms with E-state index in [1.165, 1.54) is 11.1 Å². The zero-order valence-corrected chi connectivity index (χ0v) is 18.4. The number of rotatable bonds is 9. The van der Waals surface area contributed by atoms with Crippen molar-refractivity contribution in [2.75, 3.05) is 26.2 Å². The first-order valence-electron chi connectivity index (χ1n) is 11.5. The van der Waals surface area contributed by atoms with E-state index in [0.717, 1.165) is 56.8 Å². The van der Waals surface area contributed by atoms with Crippen LogP contribution in [0.4, 0.5) is 0 Å². The summed E-state index contributed by atoms with van der Waals surface area (Å²) in [7, 11) is 0. The molecule has 0 aliphatic carbocycles. The van der Waals surface area contributed by atoms with Gasteiger partial charge in [0.1, 0.15) is 6.10 Å². The number of hydrogen-bond donors (Lipinski definition) is 3. The largest absolute Gasteiger partial charge is 0.385 e. The number of benzene rings is 2. The molecule has 0 bridgehead atoms. The fourth-order valence-corrected chi connectivity index (χ4v) is 4.83. The molecular weight excluding hydrogens is 384 g/mol. The van der Waals surface area contributed by atoms with Gasteiger partial charge in [0.2, 0.25) is 0 Å². The average Bonchev–Trinajstić information content (AvgIpc) is 3.26. The van der Waals surface area contributed by atoms with E-state index < -0.39 is 6.10 Å². The molecule has 4 rings (SSSR count). The third-order valence-electron chi connectivity index (χ3n) is 6.53. The Morgan fingerprint density at radius 3 is 2.10 bits per heavy atom. The molecule has 1 aliphatic heterocycles. The van der Waals surface area contributed by atoms with Crippen LogP contribution in [0, 0.1) is 6.92 Å². The van der Waals surface area contributed by atoms with E-state index in [0.29, 0.717) is 5.92 Å². The van der Waals surface area contributed by atoms with Crippen molar-refractivity contribution in [1.82, 2.24) is 20.2 Å². The first-order chi connectivity index (χ1) is 15.2. The minimum Gasteiger partial charge on any atom is -0.385 e. The minimum absolute atomic E-state index is 0.0799. The molecule has 5 nitrogen and oxygen atoms in total. The topological polar surface area (TPSA) is 64.2 Å². The van der Waals surface area contributed by atoms with Gasteiger partial charge in [0.15, 0.2) is 0 Å². The molecule has 1 aliphatic rings. The highest BCUT2D eigenvalue weighted by atomic mass is 16.3. The number of aliphatic hydroxyl groups is 1. The lowest BCUT2D eigenvalue weighted by Gasteiger charge is -2.37. The van der Waals surface area contributed by atoms with Crippen LogP contribution in [0.2, 0.25) is 0 Å². The second-order valence-electron chi connectivity index (χ2n) is 8.52. The number of aromatic nitrogens is 2. The van der Waals surface area contributed by atoms with Crippen LogP contribution in [0.1, 0.15) is 53.8 Å². The summed E-state index contributed by atoms with van der Waals surface area (Å²) in [6, 6.07) is 21.6. The van der Waals surface area contributed by atoms with E-state index in [4.69, 9.17) is 0 Å². The Balaban J connectivity index is 1.49. The quantitative estimate of drug-likeness (QED) is 0.491. The van der Waals surface area contributed by atoms with Crippen molar-refractivity contribution in [1.29, 1.82) is 0 Å². The highest BCUT2D eigenvalue weighted by Crippen LogP contribution is 2.32. The number of imidazole rings is 1. The van der Waals surface area contributed by atoms with Crippen LogP contribution in [0.5, 0.6) is 0 Å². The summed E-state index contributed by atoms with van der Waals surface area (Å²) < 4.78 is 0. The van der Waals surface area contributed by atoms with Gasteiger partial charge in [-0.1, -0.05) is 67.1 Å². The number of hydrogen-bond acceptors (Lipinski definition) is 4. The Morgan fingerprint density at radius 2 is 1.55 bits per heavy atom. The van der Waals surface area contributed by atoms with Gasteiger partial charge in [0.25, 0.3) is 0 Å². The van der Waals surface area contributed by atoms with Crippen molar-refractivity contribution >= 4 is 0 Å². The second kappa shape index (κ2) is 10.7. The smallest absolute Gasteiger partial charge is 0.113 e. The molecule has 0 radical (unpaired) electrons. The van der Waals surface area contributed by atoms with Crippen LogP contribution in [-0.2, 0) is 0 Å². The van der Waals surface area contributed by atoms with E-state index in [1.807, 2.05) is 6.92 Å².